The minimum Gasteiger partial charge on any atom is -0.393 e. The van der Waals surface area contributed by atoms with Crippen LogP contribution in [0.1, 0.15) is 51.3 Å². The van der Waals surface area contributed by atoms with Gasteiger partial charge in [-0.05, 0) is 25.2 Å². The Labute approximate surface area is 120 Å². The summed E-state index contributed by atoms with van der Waals surface area (Å²) in [7, 11) is -3.54. The van der Waals surface area contributed by atoms with Crippen molar-refractivity contribution in [2.24, 2.45) is 5.92 Å². The maximum atomic E-state index is 12.1. The van der Waals surface area contributed by atoms with Gasteiger partial charge in [0.2, 0.25) is 0 Å². The van der Waals surface area contributed by atoms with Crippen LogP contribution in [0.15, 0.2) is 11.2 Å². The van der Waals surface area contributed by atoms with Gasteiger partial charge in [0, 0.05) is 12.5 Å². The lowest BCUT2D eigenvalue weighted by atomic mass is 9.87. The van der Waals surface area contributed by atoms with Gasteiger partial charge in [-0.25, -0.2) is 18.1 Å². The van der Waals surface area contributed by atoms with Crippen molar-refractivity contribution in [3.8, 4) is 0 Å². The Bertz CT molecular complexity index is 539. The Morgan fingerprint density at radius 1 is 1.50 bits per heavy atom. The summed E-state index contributed by atoms with van der Waals surface area (Å²) in [5.74, 6) is 1.03. The first-order chi connectivity index (χ1) is 9.38. The highest BCUT2D eigenvalue weighted by Gasteiger charge is 2.23. The van der Waals surface area contributed by atoms with Gasteiger partial charge < -0.3 is 10.1 Å². The first kappa shape index (κ1) is 15.5. The van der Waals surface area contributed by atoms with Crippen LogP contribution >= 0.6 is 0 Å². The van der Waals surface area contributed by atoms with Gasteiger partial charge in [0.25, 0.3) is 10.0 Å². The molecule has 0 spiro atoms. The molecule has 20 heavy (non-hydrogen) atoms. The average molecular weight is 301 g/mol. The number of imidazole rings is 1. The Kier molecular flexibility index (Phi) is 4.82. The Balaban J connectivity index is 1.96. The fourth-order valence-corrected chi connectivity index (χ4v) is 3.54. The van der Waals surface area contributed by atoms with E-state index in [2.05, 4.69) is 14.7 Å². The molecule has 1 aliphatic carbocycles. The lowest BCUT2D eigenvalue weighted by Gasteiger charge is -2.25. The number of aliphatic hydroxyl groups excluding tert-OH is 1. The average Bonchev–Trinajstić information content (AvgIpc) is 2.87. The lowest BCUT2D eigenvalue weighted by molar-refractivity contribution is 0.102. The van der Waals surface area contributed by atoms with Crippen molar-refractivity contribution >= 4 is 10.0 Å². The second-order valence-corrected chi connectivity index (χ2v) is 7.56. The first-order valence-electron chi connectivity index (χ1n) is 7.11. The number of rotatable bonds is 5. The SMILES string of the molecule is CC(C)c1ncc(S(=O)(=O)NCC2CCCC(O)C2)[nH]1. The number of sulfonamides is 1. The standard InChI is InChI=1S/C13H23N3O3S/c1-9(2)13-14-8-12(16-13)20(18,19)15-7-10-4-3-5-11(17)6-10/h8-11,15,17H,3-7H2,1-2H3,(H,14,16). The molecule has 1 fully saturated rings. The third kappa shape index (κ3) is 3.80. The van der Waals surface area contributed by atoms with Crippen molar-refractivity contribution in [3.63, 3.8) is 0 Å². The molecule has 2 unspecified atom stereocenters. The number of aromatic nitrogens is 2. The van der Waals surface area contributed by atoms with Crippen LogP contribution in [0.3, 0.4) is 0 Å². The molecule has 0 saturated heterocycles. The predicted molar refractivity (Wildman–Crippen MR) is 75.8 cm³/mol. The van der Waals surface area contributed by atoms with Gasteiger partial charge >= 0.3 is 0 Å². The summed E-state index contributed by atoms with van der Waals surface area (Å²) in [4.78, 5) is 6.91. The van der Waals surface area contributed by atoms with Crippen molar-refractivity contribution in [1.29, 1.82) is 0 Å². The van der Waals surface area contributed by atoms with Crippen LogP contribution in [0, 0.1) is 5.92 Å². The van der Waals surface area contributed by atoms with E-state index in [0.29, 0.717) is 18.8 Å². The van der Waals surface area contributed by atoms with E-state index in [0.717, 1.165) is 19.3 Å². The molecule has 1 saturated carbocycles. The number of hydrogen-bond donors (Lipinski definition) is 3. The summed E-state index contributed by atoms with van der Waals surface area (Å²) in [5, 5.41) is 9.71. The highest BCUT2D eigenvalue weighted by molar-refractivity contribution is 7.89. The van der Waals surface area contributed by atoms with Crippen molar-refractivity contribution < 1.29 is 13.5 Å². The van der Waals surface area contributed by atoms with Gasteiger partial charge in [0.05, 0.1) is 12.3 Å². The van der Waals surface area contributed by atoms with Crippen molar-refractivity contribution in [3.05, 3.63) is 12.0 Å². The summed E-state index contributed by atoms with van der Waals surface area (Å²) >= 11 is 0. The minimum absolute atomic E-state index is 0.109. The van der Waals surface area contributed by atoms with E-state index in [1.54, 1.807) is 0 Å². The molecule has 1 aromatic heterocycles. The van der Waals surface area contributed by atoms with Gasteiger partial charge in [0.15, 0.2) is 5.03 Å². The van der Waals surface area contributed by atoms with Crippen LogP contribution in [0.2, 0.25) is 0 Å². The number of nitrogens with zero attached hydrogens (tertiary/aromatic N) is 1. The maximum absolute atomic E-state index is 12.1. The zero-order chi connectivity index (χ0) is 14.8. The minimum atomic E-state index is -3.54. The summed E-state index contributed by atoms with van der Waals surface area (Å²) in [5.41, 5.74) is 0. The highest BCUT2D eigenvalue weighted by atomic mass is 32.2. The molecule has 114 valence electrons. The molecule has 0 radical (unpaired) electrons. The molecule has 0 aromatic carbocycles. The molecule has 0 aliphatic heterocycles. The third-order valence-corrected chi connectivity index (χ3v) is 5.06. The van der Waals surface area contributed by atoms with E-state index in [4.69, 9.17) is 0 Å². The van der Waals surface area contributed by atoms with Crippen LogP contribution in [0.25, 0.3) is 0 Å². The van der Waals surface area contributed by atoms with E-state index < -0.39 is 10.0 Å². The zero-order valence-corrected chi connectivity index (χ0v) is 12.8. The van der Waals surface area contributed by atoms with Gasteiger partial charge in [0.1, 0.15) is 5.82 Å². The molecular weight excluding hydrogens is 278 g/mol. The fourth-order valence-electron chi connectivity index (χ4n) is 2.50. The van der Waals surface area contributed by atoms with Crippen LogP contribution in [-0.4, -0.2) is 36.1 Å². The normalized spacial score (nSPS) is 24.2. The molecule has 0 bridgehead atoms. The molecule has 3 N–H and O–H groups in total. The monoisotopic (exact) mass is 301 g/mol. The summed E-state index contributed by atoms with van der Waals surface area (Å²) in [6, 6.07) is 0. The lowest BCUT2D eigenvalue weighted by Crippen LogP contribution is -2.33. The maximum Gasteiger partial charge on any atom is 0.257 e. The van der Waals surface area contributed by atoms with E-state index in [-0.39, 0.29) is 23.0 Å². The van der Waals surface area contributed by atoms with E-state index in [1.165, 1.54) is 6.20 Å². The smallest absolute Gasteiger partial charge is 0.257 e. The van der Waals surface area contributed by atoms with Crippen molar-refractivity contribution in [1.82, 2.24) is 14.7 Å². The number of aromatic amines is 1. The van der Waals surface area contributed by atoms with Gasteiger partial charge in [-0.2, -0.15) is 0 Å². The highest BCUT2D eigenvalue weighted by Crippen LogP contribution is 2.24. The van der Waals surface area contributed by atoms with E-state index in [9.17, 15) is 13.5 Å². The summed E-state index contributed by atoms with van der Waals surface area (Å²) in [6.07, 6.45) is 4.46. The Morgan fingerprint density at radius 2 is 2.25 bits per heavy atom. The molecule has 2 atom stereocenters. The molecule has 7 heteroatoms. The number of nitrogens with one attached hydrogen (secondary N) is 2. The van der Waals surface area contributed by atoms with Gasteiger partial charge in [-0.1, -0.05) is 20.3 Å². The van der Waals surface area contributed by atoms with Crippen molar-refractivity contribution in [2.75, 3.05) is 6.54 Å². The summed E-state index contributed by atoms with van der Waals surface area (Å²) in [6.45, 7) is 4.27. The Hall–Kier alpha value is -0.920. The topological polar surface area (TPSA) is 95.1 Å². The molecule has 1 aromatic rings. The molecule has 2 rings (SSSR count). The number of aliphatic hydroxyl groups is 1. The Morgan fingerprint density at radius 3 is 2.85 bits per heavy atom. The van der Waals surface area contributed by atoms with Gasteiger partial charge in [-0.15, -0.1) is 0 Å². The fraction of sp³-hybridized carbons (Fsp3) is 0.769. The summed E-state index contributed by atoms with van der Waals surface area (Å²) < 4.78 is 26.9. The van der Waals surface area contributed by atoms with E-state index in [1.807, 2.05) is 13.8 Å². The van der Waals surface area contributed by atoms with E-state index >= 15 is 0 Å². The molecular formula is C13H23N3O3S. The second kappa shape index (κ2) is 6.24. The van der Waals surface area contributed by atoms with Crippen LogP contribution in [-0.2, 0) is 10.0 Å². The molecule has 0 amide bonds. The predicted octanol–water partition coefficient (Wildman–Crippen LogP) is 1.36. The van der Waals surface area contributed by atoms with Crippen LogP contribution < -0.4 is 4.72 Å². The number of hydrogen-bond acceptors (Lipinski definition) is 4. The molecule has 6 nitrogen and oxygen atoms in total. The van der Waals surface area contributed by atoms with Crippen LogP contribution in [0.5, 0.6) is 0 Å². The second-order valence-electron chi connectivity index (χ2n) is 5.83. The molecule has 1 heterocycles. The molecule has 1 aliphatic rings. The number of H-pyrrole nitrogens is 1. The van der Waals surface area contributed by atoms with Gasteiger partial charge in [-0.3, -0.25) is 0 Å². The van der Waals surface area contributed by atoms with Crippen molar-refractivity contribution in [2.45, 2.75) is 56.6 Å². The largest absolute Gasteiger partial charge is 0.393 e. The first-order valence-corrected chi connectivity index (χ1v) is 8.59. The van der Waals surface area contributed by atoms with Crippen LogP contribution in [0.4, 0.5) is 0 Å². The quantitative estimate of drug-likeness (QED) is 0.765. The third-order valence-electron chi connectivity index (χ3n) is 3.73. The zero-order valence-electron chi connectivity index (χ0n) is 12.0.